The Balaban J connectivity index is 1.29. The van der Waals surface area contributed by atoms with Crippen LogP contribution in [0.15, 0.2) is 71.3 Å². The maximum atomic E-state index is 12.5. The van der Waals surface area contributed by atoms with Gasteiger partial charge in [0, 0.05) is 30.3 Å². The van der Waals surface area contributed by atoms with Crippen molar-refractivity contribution in [1.29, 1.82) is 0 Å². The summed E-state index contributed by atoms with van der Waals surface area (Å²) >= 11 is 0. The summed E-state index contributed by atoms with van der Waals surface area (Å²) < 4.78 is 20.5. The van der Waals surface area contributed by atoms with Crippen LogP contribution in [0.4, 0.5) is 5.69 Å². The fraction of sp³-hybridized carbons (Fsp3) is 0.200. The molecule has 0 aliphatic carbocycles. The summed E-state index contributed by atoms with van der Waals surface area (Å²) in [5.74, 6) is -1.69. The highest BCUT2D eigenvalue weighted by Crippen LogP contribution is 2.28. The number of carbonyl (C=O) groups is 4. The highest BCUT2D eigenvalue weighted by molar-refractivity contribution is 6.01. The van der Waals surface area contributed by atoms with Gasteiger partial charge in [0.1, 0.15) is 11.5 Å². The van der Waals surface area contributed by atoms with E-state index in [-0.39, 0.29) is 35.9 Å². The van der Waals surface area contributed by atoms with Gasteiger partial charge >= 0.3 is 11.9 Å². The van der Waals surface area contributed by atoms with Crippen LogP contribution < -0.4 is 14.4 Å². The third kappa shape index (κ3) is 5.15. The van der Waals surface area contributed by atoms with E-state index in [9.17, 15) is 19.2 Å². The maximum Gasteiger partial charge on any atom is 0.379 e. The van der Waals surface area contributed by atoms with Gasteiger partial charge in [0.25, 0.3) is 0 Å². The summed E-state index contributed by atoms with van der Waals surface area (Å²) in [4.78, 5) is 50.7. The fourth-order valence-corrected chi connectivity index (χ4v) is 3.49. The fourth-order valence-electron chi connectivity index (χ4n) is 3.49. The van der Waals surface area contributed by atoms with Crippen molar-refractivity contribution in [3.05, 3.63) is 78.3 Å². The Bertz CT molecular complexity index is 1200. The molecule has 3 aromatic rings. The van der Waals surface area contributed by atoms with Crippen molar-refractivity contribution in [3.8, 4) is 11.5 Å². The number of ketones is 1. The molecule has 1 fully saturated rings. The van der Waals surface area contributed by atoms with E-state index < -0.39 is 30.2 Å². The third-order valence-electron chi connectivity index (χ3n) is 5.28. The lowest BCUT2D eigenvalue weighted by Crippen LogP contribution is -2.27. The van der Waals surface area contributed by atoms with Crippen LogP contribution in [0, 0.1) is 5.92 Å². The van der Waals surface area contributed by atoms with Crippen molar-refractivity contribution < 1.29 is 37.8 Å². The molecule has 2 heterocycles. The second-order valence-corrected chi connectivity index (χ2v) is 7.53. The van der Waals surface area contributed by atoms with Gasteiger partial charge in [-0.15, -0.1) is 0 Å². The molecule has 0 unspecified atom stereocenters. The standard InChI is InChI=1S/C25H21NO8/c1-31-20-5-2-4-18(13-20)26-14-17(12-23(26)28)24(29)33-15-21(27)16-7-9-19(10-8-16)34-25(30)22-6-3-11-32-22/h2-11,13,17H,12,14-15H2,1H3/t17-/m1/s1. The molecule has 0 spiro atoms. The molecule has 0 bridgehead atoms. The van der Waals surface area contributed by atoms with Crippen LogP contribution in [-0.4, -0.2) is 43.9 Å². The average Bonchev–Trinajstić information content (AvgIpc) is 3.53. The number of methoxy groups -OCH3 is 1. The second-order valence-electron chi connectivity index (χ2n) is 7.53. The summed E-state index contributed by atoms with van der Waals surface area (Å²) in [6, 6.07) is 15.9. The average molecular weight is 463 g/mol. The zero-order chi connectivity index (χ0) is 24.1. The van der Waals surface area contributed by atoms with Gasteiger partial charge in [0.15, 0.2) is 12.4 Å². The third-order valence-corrected chi connectivity index (χ3v) is 5.28. The van der Waals surface area contributed by atoms with Gasteiger partial charge in [-0.1, -0.05) is 6.07 Å². The summed E-state index contributed by atoms with van der Waals surface area (Å²) in [7, 11) is 1.53. The van der Waals surface area contributed by atoms with E-state index in [1.165, 1.54) is 48.6 Å². The molecule has 0 saturated carbocycles. The van der Waals surface area contributed by atoms with E-state index in [0.29, 0.717) is 11.4 Å². The molecule has 34 heavy (non-hydrogen) atoms. The molecule has 1 aliphatic rings. The van der Waals surface area contributed by atoms with Gasteiger partial charge in [0.2, 0.25) is 11.7 Å². The van der Waals surface area contributed by atoms with Gasteiger partial charge < -0.3 is 23.5 Å². The Kier molecular flexibility index (Phi) is 6.72. The number of benzene rings is 2. The molecule has 4 rings (SSSR count). The largest absolute Gasteiger partial charge is 0.497 e. The van der Waals surface area contributed by atoms with Gasteiger partial charge in [-0.3, -0.25) is 14.4 Å². The number of anilines is 1. The van der Waals surface area contributed by atoms with Crippen LogP contribution in [0.5, 0.6) is 11.5 Å². The Hall–Kier alpha value is -4.40. The smallest absolute Gasteiger partial charge is 0.379 e. The number of furan rings is 1. The van der Waals surface area contributed by atoms with Crippen molar-refractivity contribution in [3.63, 3.8) is 0 Å². The molecule has 1 aromatic heterocycles. The van der Waals surface area contributed by atoms with Gasteiger partial charge in [-0.25, -0.2) is 4.79 Å². The summed E-state index contributed by atoms with van der Waals surface area (Å²) in [5.41, 5.74) is 0.912. The zero-order valence-electron chi connectivity index (χ0n) is 18.3. The normalized spacial score (nSPS) is 15.1. The van der Waals surface area contributed by atoms with Crippen molar-refractivity contribution in [1.82, 2.24) is 0 Å². The molecule has 174 valence electrons. The minimum Gasteiger partial charge on any atom is -0.497 e. The van der Waals surface area contributed by atoms with Crippen molar-refractivity contribution in [2.45, 2.75) is 6.42 Å². The number of carbonyl (C=O) groups excluding carboxylic acids is 4. The predicted molar refractivity (Wildman–Crippen MR) is 119 cm³/mol. The highest BCUT2D eigenvalue weighted by Gasteiger charge is 2.36. The zero-order valence-corrected chi connectivity index (χ0v) is 18.3. The van der Waals surface area contributed by atoms with E-state index in [2.05, 4.69) is 0 Å². The molecule has 2 aromatic carbocycles. The second kappa shape index (κ2) is 10.0. The SMILES string of the molecule is COc1cccc(N2C[C@H](C(=O)OCC(=O)c3ccc(OC(=O)c4ccco4)cc3)CC2=O)c1. The predicted octanol–water partition coefficient (Wildman–Crippen LogP) is 3.29. The topological polar surface area (TPSA) is 112 Å². The summed E-state index contributed by atoms with van der Waals surface area (Å²) in [6.45, 7) is -0.303. The molecule has 1 amide bonds. The molecule has 0 N–H and O–H groups in total. The van der Waals surface area contributed by atoms with E-state index in [1.54, 1.807) is 30.3 Å². The van der Waals surface area contributed by atoms with E-state index in [0.717, 1.165) is 0 Å². The first kappa shape index (κ1) is 22.8. The first-order valence-electron chi connectivity index (χ1n) is 10.4. The number of ether oxygens (including phenoxy) is 3. The number of Topliss-reactive ketones (excluding diaryl/α,β-unsaturated/α-hetero) is 1. The quantitative estimate of drug-likeness (QED) is 0.284. The Morgan fingerprint density at radius 2 is 1.82 bits per heavy atom. The van der Waals surface area contributed by atoms with Crippen LogP contribution in [0.3, 0.4) is 0 Å². The molecule has 9 nitrogen and oxygen atoms in total. The maximum absolute atomic E-state index is 12.5. The van der Waals surface area contributed by atoms with Crippen molar-refractivity contribution >= 4 is 29.3 Å². The van der Waals surface area contributed by atoms with Crippen LogP contribution >= 0.6 is 0 Å². The van der Waals surface area contributed by atoms with E-state index in [1.807, 2.05) is 0 Å². The number of hydrogen-bond donors (Lipinski definition) is 0. The van der Waals surface area contributed by atoms with Crippen molar-refractivity contribution in [2.75, 3.05) is 25.2 Å². The lowest BCUT2D eigenvalue weighted by Gasteiger charge is -2.17. The minimum atomic E-state index is -0.671. The monoisotopic (exact) mass is 463 g/mol. The first-order valence-corrected chi connectivity index (χ1v) is 10.4. The van der Waals surface area contributed by atoms with Crippen molar-refractivity contribution in [2.24, 2.45) is 5.92 Å². The highest BCUT2D eigenvalue weighted by atomic mass is 16.5. The summed E-state index contributed by atoms with van der Waals surface area (Å²) in [6.07, 6.45) is 1.36. The first-order chi connectivity index (χ1) is 16.4. The lowest BCUT2D eigenvalue weighted by molar-refractivity contribution is -0.147. The minimum absolute atomic E-state index is 0.0000330. The summed E-state index contributed by atoms with van der Waals surface area (Å²) in [5, 5.41) is 0. The molecule has 0 radical (unpaired) electrons. The van der Waals surface area contributed by atoms with Crippen LogP contribution in [0.25, 0.3) is 0 Å². The Morgan fingerprint density at radius 3 is 2.53 bits per heavy atom. The Labute approximate surface area is 194 Å². The number of amides is 1. The van der Waals surface area contributed by atoms with Gasteiger partial charge in [-0.2, -0.15) is 0 Å². The van der Waals surface area contributed by atoms with Gasteiger partial charge in [0.05, 0.1) is 19.3 Å². The lowest BCUT2D eigenvalue weighted by atomic mass is 10.1. The number of hydrogen-bond acceptors (Lipinski definition) is 8. The molecular weight excluding hydrogens is 442 g/mol. The van der Waals surface area contributed by atoms with Crippen LogP contribution in [0.1, 0.15) is 27.3 Å². The van der Waals surface area contributed by atoms with Crippen LogP contribution in [-0.2, 0) is 14.3 Å². The van der Waals surface area contributed by atoms with E-state index in [4.69, 9.17) is 18.6 Å². The van der Waals surface area contributed by atoms with E-state index >= 15 is 0 Å². The van der Waals surface area contributed by atoms with Crippen LogP contribution in [0.2, 0.25) is 0 Å². The number of rotatable bonds is 8. The molecule has 1 aliphatic heterocycles. The van der Waals surface area contributed by atoms with Gasteiger partial charge in [-0.05, 0) is 48.5 Å². The number of esters is 2. The molecule has 1 atom stereocenters. The molecular formula is C25H21NO8. The molecule has 1 saturated heterocycles. The molecule has 9 heteroatoms. The Morgan fingerprint density at radius 1 is 1.03 bits per heavy atom. The number of nitrogens with zero attached hydrogens (tertiary/aromatic N) is 1.